The Kier molecular flexibility index (Phi) is 6.12. The lowest BCUT2D eigenvalue weighted by molar-refractivity contribution is -0.116. The molecule has 1 aromatic heterocycles. The predicted molar refractivity (Wildman–Crippen MR) is 91.3 cm³/mol. The third-order valence-electron chi connectivity index (χ3n) is 3.34. The monoisotopic (exact) mass is 380 g/mol. The molecule has 0 aliphatic rings. The van der Waals surface area contributed by atoms with Crippen LogP contribution >= 0.6 is 15.9 Å². The molecule has 0 spiro atoms. The largest absolute Gasteiger partial charge is 0.468 e. The van der Waals surface area contributed by atoms with E-state index in [4.69, 9.17) is 4.42 Å². The summed E-state index contributed by atoms with van der Waals surface area (Å²) in [6.07, 6.45) is 4.37. The van der Waals surface area contributed by atoms with Crippen molar-refractivity contribution in [1.29, 1.82) is 0 Å². The minimum absolute atomic E-state index is 0.0649. The van der Waals surface area contributed by atoms with Crippen molar-refractivity contribution in [1.82, 2.24) is 10.2 Å². The lowest BCUT2D eigenvalue weighted by Gasteiger charge is -2.22. The van der Waals surface area contributed by atoms with Gasteiger partial charge in [-0.15, -0.1) is 0 Å². The summed E-state index contributed by atoms with van der Waals surface area (Å²) in [5.74, 6) is 0.110. The van der Waals surface area contributed by atoms with Crippen molar-refractivity contribution in [2.75, 3.05) is 20.6 Å². The highest BCUT2D eigenvalue weighted by Crippen LogP contribution is 2.18. The smallest absolute Gasteiger partial charge is 0.244 e. The third-order valence-corrected chi connectivity index (χ3v) is 3.83. The van der Waals surface area contributed by atoms with E-state index in [1.54, 1.807) is 18.4 Å². The van der Waals surface area contributed by atoms with E-state index in [9.17, 15) is 9.18 Å². The van der Waals surface area contributed by atoms with Gasteiger partial charge >= 0.3 is 0 Å². The molecule has 1 heterocycles. The zero-order valence-electron chi connectivity index (χ0n) is 12.9. The predicted octanol–water partition coefficient (Wildman–Crippen LogP) is 3.61. The number of benzene rings is 1. The maximum absolute atomic E-state index is 13.6. The van der Waals surface area contributed by atoms with Crippen LogP contribution in [0.5, 0.6) is 0 Å². The number of hydrogen-bond acceptors (Lipinski definition) is 3. The summed E-state index contributed by atoms with van der Waals surface area (Å²) in [7, 11) is 3.82. The highest BCUT2D eigenvalue weighted by molar-refractivity contribution is 9.10. The molecule has 2 rings (SSSR count). The van der Waals surface area contributed by atoms with Gasteiger partial charge in [-0.1, -0.05) is 15.9 Å². The Morgan fingerprint density at radius 3 is 2.87 bits per heavy atom. The lowest BCUT2D eigenvalue weighted by Crippen LogP contribution is -2.33. The highest BCUT2D eigenvalue weighted by atomic mass is 79.9. The zero-order valence-corrected chi connectivity index (χ0v) is 14.5. The van der Waals surface area contributed by atoms with Crippen molar-refractivity contribution in [3.63, 3.8) is 0 Å². The first kappa shape index (κ1) is 17.4. The fraction of sp³-hybridized carbons (Fsp3) is 0.235. The molecule has 6 heteroatoms. The summed E-state index contributed by atoms with van der Waals surface area (Å²) >= 11 is 3.27. The fourth-order valence-electron chi connectivity index (χ4n) is 2.08. The van der Waals surface area contributed by atoms with Gasteiger partial charge < -0.3 is 9.73 Å². The normalized spacial score (nSPS) is 12.7. The van der Waals surface area contributed by atoms with Gasteiger partial charge in [-0.25, -0.2) is 4.39 Å². The molecule has 23 heavy (non-hydrogen) atoms. The zero-order chi connectivity index (χ0) is 16.8. The van der Waals surface area contributed by atoms with Crippen LogP contribution in [0.3, 0.4) is 0 Å². The Balaban J connectivity index is 1.96. The fourth-order valence-corrected chi connectivity index (χ4v) is 2.46. The number of hydrogen-bond donors (Lipinski definition) is 1. The number of carbonyl (C=O) groups excluding carboxylic acids is 1. The number of rotatable bonds is 6. The summed E-state index contributed by atoms with van der Waals surface area (Å²) in [6.45, 7) is 0.394. The van der Waals surface area contributed by atoms with Gasteiger partial charge in [-0.05, 0) is 50.5 Å². The quantitative estimate of drug-likeness (QED) is 0.778. The van der Waals surface area contributed by atoms with E-state index in [0.717, 1.165) is 10.2 Å². The van der Waals surface area contributed by atoms with Crippen LogP contribution in [0.2, 0.25) is 0 Å². The minimum Gasteiger partial charge on any atom is -0.468 e. The number of nitrogens with zero attached hydrogens (tertiary/aromatic N) is 1. The Morgan fingerprint density at radius 2 is 2.22 bits per heavy atom. The minimum atomic E-state index is -0.376. The van der Waals surface area contributed by atoms with E-state index in [1.807, 2.05) is 31.1 Å². The summed E-state index contributed by atoms with van der Waals surface area (Å²) < 4.78 is 19.7. The maximum atomic E-state index is 13.6. The average molecular weight is 381 g/mol. The molecule has 0 fully saturated rings. The van der Waals surface area contributed by atoms with Gasteiger partial charge in [0.2, 0.25) is 5.91 Å². The summed E-state index contributed by atoms with van der Waals surface area (Å²) in [5, 5.41) is 2.80. The Labute approximate surface area is 143 Å². The van der Waals surface area contributed by atoms with Crippen LogP contribution in [0, 0.1) is 5.82 Å². The van der Waals surface area contributed by atoms with Gasteiger partial charge in [0.15, 0.2) is 0 Å². The first-order valence-corrected chi connectivity index (χ1v) is 7.87. The molecule has 2 aromatic rings. The van der Waals surface area contributed by atoms with Crippen LogP contribution in [-0.2, 0) is 4.79 Å². The summed E-state index contributed by atoms with van der Waals surface area (Å²) in [4.78, 5) is 13.9. The second-order valence-electron chi connectivity index (χ2n) is 5.24. The number of furan rings is 1. The molecular formula is C17H18BrFN2O2. The highest BCUT2D eigenvalue weighted by Gasteiger charge is 2.17. The van der Waals surface area contributed by atoms with Crippen molar-refractivity contribution in [2.45, 2.75) is 6.04 Å². The van der Waals surface area contributed by atoms with Gasteiger partial charge in [-0.2, -0.15) is 0 Å². The molecule has 0 aliphatic heterocycles. The van der Waals surface area contributed by atoms with Crippen molar-refractivity contribution in [3.05, 3.63) is 64.3 Å². The number of amides is 1. The first-order chi connectivity index (χ1) is 11.0. The van der Waals surface area contributed by atoms with Gasteiger partial charge in [-0.3, -0.25) is 9.69 Å². The molecule has 1 amide bonds. The van der Waals surface area contributed by atoms with E-state index < -0.39 is 0 Å². The van der Waals surface area contributed by atoms with E-state index in [1.165, 1.54) is 18.2 Å². The summed E-state index contributed by atoms with van der Waals surface area (Å²) in [5.41, 5.74) is 0.352. The summed E-state index contributed by atoms with van der Waals surface area (Å²) in [6, 6.07) is 8.18. The standard InChI is InChI=1S/C17H18BrFN2O2/c1-21(2)15(16-4-3-9-23-16)11-20-17(22)8-5-12-10-13(18)6-7-14(12)19/h3-10,15H,11H2,1-2H3,(H,20,22). The van der Waals surface area contributed by atoms with Gasteiger partial charge in [0.25, 0.3) is 0 Å². The van der Waals surface area contributed by atoms with E-state index in [2.05, 4.69) is 21.2 Å². The number of nitrogens with one attached hydrogen (secondary N) is 1. The van der Waals surface area contributed by atoms with E-state index >= 15 is 0 Å². The molecular weight excluding hydrogens is 363 g/mol. The van der Waals surface area contributed by atoms with E-state index in [0.29, 0.717) is 12.1 Å². The van der Waals surface area contributed by atoms with Crippen molar-refractivity contribution >= 4 is 27.9 Å². The molecule has 4 nitrogen and oxygen atoms in total. The average Bonchev–Trinajstić information content (AvgIpc) is 3.02. The van der Waals surface area contributed by atoms with Crippen molar-refractivity contribution in [2.24, 2.45) is 0 Å². The Bertz CT molecular complexity index is 684. The van der Waals surface area contributed by atoms with Crippen LogP contribution in [-0.4, -0.2) is 31.4 Å². The molecule has 1 unspecified atom stereocenters. The molecule has 0 saturated heterocycles. The second-order valence-corrected chi connectivity index (χ2v) is 6.15. The van der Waals surface area contributed by atoms with Gasteiger partial charge in [0.05, 0.1) is 12.3 Å². The van der Waals surface area contributed by atoms with Crippen LogP contribution in [0.1, 0.15) is 17.4 Å². The van der Waals surface area contributed by atoms with Gasteiger partial charge in [0.1, 0.15) is 11.6 Å². The van der Waals surface area contributed by atoms with Crippen LogP contribution in [0.4, 0.5) is 4.39 Å². The molecule has 1 aromatic carbocycles. The van der Waals surface area contributed by atoms with Crippen molar-refractivity contribution in [3.8, 4) is 0 Å². The molecule has 0 bridgehead atoms. The number of likely N-dealkylation sites (N-methyl/N-ethyl adjacent to an activating group) is 1. The maximum Gasteiger partial charge on any atom is 0.244 e. The van der Waals surface area contributed by atoms with Crippen LogP contribution in [0.15, 0.2) is 51.6 Å². The first-order valence-electron chi connectivity index (χ1n) is 7.08. The molecule has 0 radical (unpaired) electrons. The van der Waals surface area contributed by atoms with Crippen molar-refractivity contribution < 1.29 is 13.6 Å². The molecule has 0 aliphatic carbocycles. The molecule has 0 saturated carbocycles. The number of carbonyl (C=O) groups is 1. The number of halogens is 2. The second kappa shape index (κ2) is 8.08. The van der Waals surface area contributed by atoms with Crippen LogP contribution < -0.4 is 5.32 Å². The SMILES string of the molecule is CN(C)C(CNC(=O)C=Cc1cc(Br)ccc1F)c1ccco1. The Hall–Kier alpha value is -1.92. The van der Waals surface area contributed by atoms with E-state index in [-0.39, 0.29) is 17.8 Å². The Morgan fingerprint density at radius 1 is 1.43 bits per heavy atom. The third kappa shape index (κ3) is 5.04. The molecule has 1 N–H and O–H groups in total. The molecule has 122 valence electrons. The van der Waals surface area contributed by atoms with Gasteiger partial charge in [0, 0.05) is 22.7 Å². The molecule has 1 atom stereocenters. The lowest BCUT2D eigenvalue weighted by atomic mass is 10.2. The topological polar surface area (TPSA) is 45.5 Å². The van der Waals surface area contributed by atoms with Crippen LogP contribution in [0.25, 0.3) is 6.08 Å².